The molecule has 0 unspecified atom stereocenters. The number of rotatable bonds is 7. The van der Waals surface area contributed by atoms with E-state index in [1.165, 1.54) is 12.1 Å². The maximum absolute atomic E-state index is 12.3. The number of hydrogen-bond donors (Lipinski definition) is 2. The summed E-state index contributed by atoms with van der Waals surface area (Å²) in [5, 5.41) is 12.6. The van der Waals surface area contributed by atoms with Gasteiger partial charge in [0, 0.05) is 25.5 Å². The van der Waals surface area contributed by atoms with Gasteiger partial charge >= 0.3 is 0 Å². The number of anilines is 2. The Bertz CT molecular complexity index is 1050. The largest absolute Gasteiger partial charge is 0.507 e. The molecule has 30 heavy (non-hydrogen) atoms. The van der Waals surface area contributed by atoms with Gasteiger partial charge in [-0.15, -0.1) is 0 Å². The third kappa shape index (κ3) is 5.58. The van der Waals surface area contributed by atoms with E-state index in [4.69, 9.17) is 0 Å². The van der Waals surface area contributed by atoms with Gasteiger partial charge in [0.05, 0.1) is 12.0 Å². The predicted octanol–water partition coefficient (Wildman–Crippen LogP) is 4.54. The summed E-state index contributed by atoms with van der Waals surface area (Å²) in [6.45, 7) is 0. The highest BCUT2D eigenvalue weighted by Crippen LogP contribution is 2.18. The maximum atomic E-state index is 12.3. The van der Waals surface area contributed by atoms with Crippen LogP contribution in [0.15, 0.2) is 78.9 Å². The molecular formula is C25H24N2O3. The number of nitrogens with zero attached hydrogens (tertiary/aromatic N) is 1. The zero-order chi connectivity index (χ0) is 21.5. The molecule has 0 heterocycles. The smallest absolute Gasteiger partial charge is 0.228 e. The van der Waals surface area contributed by atoms with Gasteiger partial charge in [-0.3, -0.25) is 9.59 Å². The highest BCUT2D eigenvalue weighted by molar-refractivity contribution is 6.08. The van der Waals surface area contributed by atoms with Crippen LogP contribution in [0, 0.1) is 0 Å². The molecule has 5 nitrogen and oxygen atoms in total. The average molecular weight is 400 g/mol. The third-order valence-electron chi connectivity index (χ3n) is 4.61. The molecule has 0 aliphatic heterocycles. The molecule has 0 bridgehead atoms. The number of hydrogen-bond acceptors (Lipinski definition) is 4. The molecule has 5 heteroatoms. The normalized spacial score (nSPS) is 10.7. The van der Waals surface area contributed by atoms with Crippen LogP contribution in [-0.4, -0.2) is 30.9 Å². The molecule has 0 spiro atoms. The molecule has 3 aromatic carbocycles. The van der Waals surface area contributed by atoms with Crippen molar-refractivity contribution < 1.29 is 14.7 Å². The van der Waals surface area contributed by atoms with E-state index in [2.05, 4.69) is 5.32 Å². The summed E-state index contributed by atoms with van der Waals surface area (Å²) in [7, 11) is 3.93. The van der Waals surface area contributed by atoms with Gasteiger partial charge in [0.2, 0.25) is 5.91 Å². The van der Waals surface area contributed by atoms with Gasteiger partial charge in [-0.1, -0.05) is 42.5 Å². The second-order valence-electron chi connectivity index (χ2n) is 7.12. The van der Waals surface area contributed by atoms with Crippen molar-refractivity contribution in [1.82, 2.24) is 0 Å². The number of benzene rings is 3. The minimum atomic E-state index is -0.267. The van der Waals surface area contributed by atoms with Crippen molar-refractivity contribution in [2.24, 2.45) is 0 Å². The first-order valence-electron chi connectivity index (χ1n) is 9.59. The zero-order valence-electron chi connectivity index (χ0n) is 17.0. The van der Waals surface area contributed by atoms with Gasteiger partial charge in [-0.05, 0) is 53.6 Å². The van der Waals surface area contributed by atoms with Crippen LogP contribution >= 0.6 is 0 Å². The van der Waals surface area contributed by atoms with Gasteiger partial charge in [0.1, 0.15) is 5.75 Å². The van der Waals surface area contributed by atoms with Crippen LogP contribution in [0.25, 0.3) is 6.08 Å². The second-order valence-corrected chi connectivity index (χ2v) is 7.12. The van der Waals surface area contributed by atoms with Crippen molar-refractivity contribution in [3.05, 3.63) is 95.6 Å². The summed E-state index contributed by atoms with van der Waals surface area (Å²) in [6, 6.07) is 21.5. The van der Waals surface area contributed by atoms with E-state index in [-0.39, 0.29) is 29.4 Å². The van der Waals surface area contributed by atoms with Crippen LogP contribution in [0.5, 0.6) is 5.75 Å². The Kier molecular flexibility index (Phi) is 6.65. The molecule has 0 fully saturated rings. The van der Waals surface area contributed by atoms with Gasteiger partial charge in [0.15, 0.2) is 5.78 Å². The highest BCUT2D eigenvalue weighted by Gasteiger charge is 2.07. The zero-order valence-corrected chi connectivity index (χ0v) is 17.0. The number of carbonyl (C=O) groups excluding carboxylic acids is 2. The number of para-hydroxylation sites is 1. The molecule has 0 radical (unpaired) electrons. The molecule has 3 rings (SSSR count). The van der Waals surface area contributed by atoms with Crippen molar-refractivity contribution in [3.8, 4) is 5.75 Å². The minimum absolute atomic E-state index is 0.0372. The number of phenols is 1. The van der Waals surface area contributed by atoms with Crippen molar-refractivity contribution in [2.45, 2.75) is 6.42 Å². The molecule has 152 valence electrons. The monoisotopic (exact) mass is 400 g/mol. The van der Waals surface area contributed by atoms with Crippen LogP contribution in [0.3, 0.4) is 0 Å². The van der Waals surface area contributed by atoms with Crippen molar-refractivity contribution in [3.63, 3.8) is 0 Å². The first-order chi connectivity index (χ1) is 14.4. The Morgan fingerprint density at radius 1 is 0.933 bits per heavy atom. The molecule has 1 amide bonds. The fourth-order valence-electron chi connectivity index (χ4n) is 2.92. The first kappa shape index (κ1) is 20.9. The summed E-state index contributed by atoms with van der Waals surface area (Å²) in [4.78, 5) is 26.5. The Balaban J connectivity index is 1.57. The fraction of sp³-hybridized carbons (Fsp3) is 0.120. The van der Waals surface area contributed by atoms with Gasteiger partial charge in [-0.2, -0.15) is 0 Å². The quantitative estimate of drug-likeness (QED) is 0.451. The van der Waals surface area contributed by atoms with Crippen molar-refractivity contribution in [1.29, 1.82) is 0 Å². The summed E-state index contributed by atoms with van der Waals surface area (Å²) >= 11 is 0. The van der Waals surface area contributed by atoms with Crippen LogP contribution in [0.4, 0.5) is 11.4 Å². The summed E-state index contributed by atoms with van der Waals surface area (Å²) in [5.74, 6) is -0.396. The minimum Gasteiger partial charge on any atom is -0.507 e. The molecule has 0 atom stereocenters. The Labute approximate surface area is 176 Å². The van der Waals surface area contributed by atoms with Crippen LogP contribution < -0.4 is 10.2 Å². The van der Waals surface area contributed by atoms with Crippen molar-refractivity contribution >= 4 is 29.1 Å². The van der Waals surface area contributed by atoms with E-state index in [1.54, 1.807) is 24.3 Å². The van der Waals surface area contributed by atoms with E-state index in [0.29, 0.717) is 0 Å². The number of amides is 1. The van der Waals surface area contributed by atoms with E-state index >= 15 is 0 Å². The summed E-state index contributed by atoms with van der Waals surface area (Å²) < 4.78 is 0. The third-order valence-corrected chi connectivity index (χ3v) is 4.61. The lowest BCUT2D eigenvalue weighted by Crippen LogP contribution is -2.14. The van der Waals surface area contributed by atoms with Crippen LogP contribution in [0.1, 0.15) is 21.5 Å². The molecule has 0 saturated carbocycles. The van der Waals surface area contributed by atoms with Gasteiger partial charge in [-0.25, -0.2) is 0 Å². The summed E-state index contributed by atoms with van der Waals surface area (Å²) in [5.41, 5.74) is 3.80. The lowest BCUT2D eigenvalue weighted by molar-refractivity contribution is -0.115. The Hall–Kier alpha value is -3.86. The topological polar surface area (TPSA) is 69.6 Å². The van der Waals surface area contributed by atoms with Crippen LogP contribution in [-0.2, 0) is 11.2 Å². The predicted molar refractivity (Wildman–Crippen MR) is 121 cm³/mol. The highest BCUT2D eigenvalue weighted by atomic mass is 16.3. The molecule has 0 aromatic heterocycles. The van der Waals surface area contributed by atoms with Gasteiger partial charge < -0.3 is 15.3 Å². The number of ketones is 1. The molecule has 2 N–H and O–H groups in total. The number of carbonyl (C=O) groups is 2. The fourth-order valence-corrected chi connectivity index (χ4v) is 2.92. The van der Waals surface area contributed by atoms with E-state index in [0.717, 1.165) is 22.5 Å². The molecule has 0 aliphatic rings. The lowest BCUT2D eigenvalue weighted by atomic mass is 10.1. The standard InChI is InChI=1S/C25H24N2O3/c1-27(2)21-14-12-20(13-15-21)26-25(30)17-19-9-7-18(8-10-19)11-16-24(29)22-5-3-4-6-23(22)28/h3-16,28H,17H2,1-2H3,(H,26,30)/b16-11+. The lowest BCUT2D eigenvalue weighted by Gasteiger charge is -2.13. The van der Waals surface area contributed by atoms with E-state index < -0.39 is 0 Å². The number of nitrogens with one attached hydrogen (secondary N) is 1. The van der Waals surface area contributed by atoms with Gasteiger partial charge in [0.25, 0.3) is 0 Å². The first-order valence-corrected chi connectivity index (χ1v) is 9.59. The molecular weight excluding hydrogens is 376 g/mol. The number of aromatic hydroxyl groups is 1. The van der Waals surface area contributed by atoms with Crippen molar-refractivity contribution in [2.75, 3.05) is 24.3 Å². The maximum Gasteiger partial charge on any atom is 0.228 e. The molecule has 3 aromatic rings. The van der Waals surface area contributed by atoms with Crippen LogP contribution in [0.2, 0.25) is 0 Å². The molecule has 0 saturated heterocycles. The Morgan fingerprint density at radius 3 is 2.23 bits per heavy atom. The Morgan fingerprint density at radius 2 is 1.60 bits per heavy atom. The SMILES string of the molecule is CN(C)c1ccc(NC(=O)Cc2ccc(/C=C/C(=O)c3ccccc3O)cc2)cc1. The second kappa shape index (κ2) is 9.56. The number of allylic oxidation sites excluding steroid dienone is 1. The number of phenolic OH excluding ortho intramolecular Hbond substituents is 1. The van der Waals surface area contributed by atoms with E-state index in [9.17, 15) is 14.7 Å². The summed E-state index contributed by atoms with van der Waals surface area (Å²) in [6.07, 6.45) is 3.37. The average Bonchev–Trinajstić information content (AvgIpc) is 2.73. The van der Waals surface area contributed by atoms with E-state index in [1.807, 2.05) is 67.5 Å². The molecule has 0 aliphatic carbocycles.